The molecule has 1 fully saturated rings. The molecule has 21 heavy (non-hydrogen) atoms. The Labute approximate surface area is 132 Å². The van der Waals surface area contributed by atoms with Gasteiger partial charge in [-0.3, -0.25) is 0 Å². The van der Waals surface area contributed by atoms with Gasteiger partial charge in [-0.05, 0) is 75.9 Å². The molecule has 126 valence electrons. The minimum Gasteiger partial charge on any atom is -0.330 e. The highest BCUT2D eigenvalue weighted by molar-refractivity contribution is 4.79. The molecule has 0 radical (unpaired) electrons. The molecule has 1 aliphatic rings. The molecular formula is C18H39N3. The van der Waals surface area contributed by atoms with E-state index in [4.69, 9.17) is 17.2 Å². The van der Waals surface area contributed by atoms with Crippen LogP contribution in [0.1, 0.15) is 77.0 Å². The van der Waals surface area contributed by atoms with E-state index in [1.165, 1.54) is 77.0 Å². The topological polar surface area (TPSA) is 78.1 Å². The number of nitrogens with two attached hydrogens (primary N) is 3. The Bertz CT molecular complexity index is 188. The smallest absolute Gasteiger partial charge is 0.00773 e. The zero-order valence-corrected chi connectivity index (χ0v) is 14.1. The highest BCUT2D eigenvalue weighted by atomic mass is 14.5. The van der Waals surface area contributed by atoms with Gasteiger partial charge in [0.15, 0.2) is 0 Å². The minimum absolute atomic E-state index is 0.854. The second-order valence-electron chi connectivity index (χ2n) is 7.16. The molecule has 0 aromatic carbocycles. The molecule has 0 amide bonds. The molecule has 0 bridgehead atoms. The first-order valence-corrected chi connectivity index (χ1v) is 9.40. The predicted molar refractivity (Wildman–Crippen MR) is 93.0 cm³/mol. The second kappa shape index (κ2) is 12.4. The third-order valence-electron chi connectivity index (χ3n) is 5.20. The van der Waals surface area contributed by atoms with Crippen molar-refractivity contribution in [2.24, 2.45) is 35.0 Å². The van der Waals surface area contributed by atoms with Crippen LogP contribution < -0.4 is 17.2 Å². The van der Waals surface area contributed by atoms with Gasteiger partial charge in [0.05, 0.1) is 0 Å². The molecule has 0 atom stereocenters. The van der Waals surface area contributed by atoms with E-state index in [1.54, 1.807) is 0 Å². The van der Waals surface area contributed by atoms with E-state index < -0.39 is 0 Å². The van der Waals surface area contributed by atoms with Crippen LogP contribution in [0.3, 0.4) is 0 Å². The Morgan fingerprint density at radius 3 is 1.00 bits per heavy atom. The van der Waals surface area contributed by atoms with E-state index >= 15 is 0 Å². The number of hydrogen-bond acceptors (Lipinski definition) is 3. The van der Waals surface area contributed by atoms with Gasteiger partial charge in [-0.15, -0.1) is 0 Å². The van der Waals surface area contributed by atoms with Crippen LogP contribution in [0.25, 0.3) is 0 Å². The number of unbranched alkanes of at least 4 members (excludes halogenated alkanes) is 3. The van der Waals surface area contributed by atoms with Gasteiger partial charge in [0.25, 0.3) is 0 Å². The highest BCUT2D eigenvalue weighted by Gasteiger charge is 2.27. The van der Waals surface area contributed by atoms with Gasteiger partial charge in [0.2, 0.25) is 0 Å². The average Bonchev–Trinajstić information content (AvgIpc) is 2.48. The van der Waals surface area contributed by atoms with Crippen molar-refractivity contribution < 1.29 is 0 Å². The maximum atomic E-state index is 5.64. The lowest BCUT2D eigenvalue weighted by molar-refractivity contribution is 0.165. The Balaban J connectivity index is 2.35. The third kappa shape index (κ3) is 8.80. The van der Waals surface area contributed by atoms with Crippen LogP contribution in [0, 0.1) is 17.8 Å². The summed E-state index contributed by atoms with van der Waals surface area (Å²) in [5, 5.41) is 0. The maximum Gasteiger partial charge on any atom is -0.00773 e. The van der Waals surface area contributed by atoms with Gasteiger partial charge in [0, 0.05) is 0 Å². The van der Waals surface area contributed by atoms with Gasteiger partial charge in [0.1, 0.15) is 0 Å². The Morgan fingerprint density at radius 2 is 0.762 bits per heavy atom. The van der Waals surface area contributed by atoms with Crippen LogP contribution in [0.4, 0.5) is 0 Å². The van der Waals surface area contributed by atoms with Crippen molar-refractivity contribution in [2.45, 2.75) is 77.0 Å². The van der Waals surface area contributed by atoms with Gasteiger partial charge in [-0.25, -0.2) is 0 Å². The summed E-state index contributed by atoms with van der Waals surface area (Å²) < 4.78 is 0. The van der Waals surface area contributed by atoms with Crippen LogP contribution in [0.15, 0.2) is 0 Å². The fourth-order valence-corrected chi connectivity index (χ4v) is 4.14. The zero-order chi connectivity index (χ0) is 15.3. The highest BCUT2D eigenvalue weighted by Crippen LogP contribution is 2.40. The molecule has 1 saturated carbocycles. The first-order valence-electron chi connectivity index (χ1n) is 9.40. The normalized spacial score (nSPS) is 26.1. The van der Waals surface area contributed by atoms with E-state index in [9.17, 15) is 0 Å². The molecule has 3 nitrogen and oxygen atoms in total. The fraction of sp³-hybridized carbons (Fsp3) is 1.00. The molecular weight excluding hydrogens is 258 g/mol. The van der Waals surface area contributed by atoms with Crippen LogP contribution in [-0.4, -0.2) is 19.6 Å². The van der Waals surface area contributed by atoms with Gasteiger partial charge in [-0.2, -0.15) is 0 Å². The van der Waals surface area contributed by atoms with E-state index in [0.717, 1.165) is 37.4 Å². The lowest BCUT2D eigenvalue weighted by Crippen LogP contribution is -2.23. The lowest BCUT2D eigenvalue weighted by atomic mass is 9.70. The molecule has 0 spiro atoms. The van der Waals surface area contributed by atoms with Crippen molar-refractivity contribution in [1.29, 1.82) is 0 Å². The number of rotatable bonds is 12. The molecule has 0 saturated heterocycles. The minimum atomic E-state index is 0.854. The van der Waals surface area contributed by atoms with Crippen molar-refractivity contribution >= 4 is 0 Å². The summed E-state index contributed by atoms with van der Waals surface area (Å²) >= 11 is 0. The molecule has 6 N–H and O–H groups in total. The number of hydrogen-bond donors (Lipinski definition) is 3. The van der Waals surface area contributed by atoms with Crippen molar-refractivity contribution in [1.82, 2.24) is 0 Å². The van der Waals surface area contributed by atoms with E-state index in [-0.39, 0.29) is 0 Å². The zero-order valence-electron chi connectivity index (χ0n) is 14.1. The quantitative estimate of drug-likeness (QED) is 0.483. The average molecular weight is 298 g/mol. The molecule has 0 aromatic heterocycles. The molecule has 0 unspecified atom stereocenters. The summed E-state index contributed by atoms with van der Waals surface area (Å²) in [5.74, 6) is 2.86. The van der Waals surface area contributed by atoms with Gasteiger partial charge in [-0.1, -0.05) is 38.5 Å². The molecule has 0 aromatic rings. The van der Waals surface area contributed by atoms with Crippen molar-refractivity contribution in [3.05, 3.63) is 0 Å². The van der Waals surface area contributed by atoms with Crippen molar-refractivity contribution in [2.75, 3.05) is 19.6 Å². The van der Waals surface area contributed by atoms with Gasteiger partial charge < -0.3 is 17.2 Å². The molecule has 1 rings (SSSR count). The van der Waals surface area contributed by atoms with E-state index in [0.29, 0.717) is 0 Å². The summed E-state index contributed by atoms with van der Waals surface area (Å²) in [7, 11) is 0. The van der Waals surface area contributed by atoms with Crippen LogP contribution in [0.5, 0.6) is 0 Å². The molecule has 0 aliphatic heterocycles. The van der Waals surface area contributed by atoms with Crippen molar-refractivity contribution in [3.63, 3.8) is 0 Å². The van der Waals surface area contributed by atoms with E-state index in [2.05, 4.69) is 0 Å². The van der Waals surface area contributed by atoms with Crippen molar-refractivity contribution in [3.8, 4) is 0 Å². The van der Waals surface area contributed by atoms with E-state index in [1.807, 2.05) is 0 Å². The summed E-state index contributed by atoms with van der Waals surface area (Å²) in [5.41, 5.74) is 16.9. The lowest BCUT2D eigenvalue weighted by Gasteiger charge is -2.35. The summed E-state index contributed by atoms with van der Waals surface area (Å²) in [6.07, 6.45) is 16.2. The van der Waals surface area contributed by atoms with Crippen LogP contribution >= 0.6 is 0 Å². The molecule has 1 aliphatic carbocycles. The van der Waals surface area contributed by atoms with Crippen LogP contribution in [-0.2, 0) is 0 Å². The Hall–Kier alpha value is -0.120. The molecule has 3 heteroatoms. The van der Waals surface area contributed by atoms with Crippen LogP contribution in [0.2, 0.25) is 0 Å². The standard InChI is InChI=1S/C18H39N3/c19-10-4-1-7-16-13-17(8-2-5-11-20)15-18(14-16)9-3-6-12-21/h16-18H,1-15,19-21H2. The fourth-order valence-electron chi connectivity index (χ4n) is 4.14. The maximum absolute atomic E-state index is 5.64. The SMILES string of the molecule is NCCCCC1CC(CCCCN)CC(CCCCN)C1. The summed E-state index contributed by atoms with van der Waals surface area (Å²) in [6.45, 7) is 2.56. The second-order valence-corrected chi connectivity index (χ2v) is 7.16. The summed E-state index contributed by atoms with van der Waals surface area (Å²) in [6, 6.07) is 0. The first kappa shape index (κ1) is 18.9. The monoisotopic (exact) mass is 297 g/mol. The van der Waals surface area contributed by atoms with Gasteiger partial charge >= 0.3 is 0 Å². The Morgan fingerprint density at radius 1 is 0.476 bits per heavy atom. The molecule has 0 heterocycles. The predicted octanol–water partition coefficient (Wildman–Crippen LogP) is 3.41. The third-order valence-corrected chi connectivity index (χ3v) is 5.20. The Kier molecular flexibility index (Phi) is 11.2. The summed E-state index contributed by atoms with van der Waals surface area (Å²) in [4.78, 5) is 0. The largest absolute Gasteiger partial charge is 0.330 e. The first-order chi connectivity index (χ1) is 10.3.